The number of carbonyl (C=O) groups is 2. The van der Waals surface area contributed by atoms with E-state index in [1.165, 1.54) is 0 Å². The zero-order valence-corrected chi connectivity index (χ0v) is 13.4. The van der Waals surface area contributed by atoms with Gasteiger partial charge in [0.1, 0.15) is 0 Å². The summed E-state index contributed by atoms with van der Waals surface area (Å²) in [5.74, 6) is 0.758. The summed E-state index contributed by atoms with van der Waals surface area (Å²) in [5.41, 5.74) is 0. The summed E-state index contributed by atoms with van der Waals surface area (Å²) in [6.45, 7) is 2.50. The first-order valence-corrected chi connectivity index (χ1v) is 8.91. The molecule has 2 aliphatic heterocycles. The third-order valence-electron chi connectivity index (χ3n) is 5.36. The van der Waals surface area contributed by atoms with Crippen LogP contribution in [0.3, 0.4) is 0 Å². The molecule has 3 fully saturated rings. The number of nitrogens with zero attached hydrogens (tertiary/aromatic N) is 2. The molecule has 0 radical (unpaired) electrons. The molecule has 0 aromatic heterocycles. The van der Waals surface area contributed by atoms with E-state index in [0.29, 0.717) is 12.6 Å². The maximum absolute atomic E-state index is 12.9. The SMILES string of the molecule is O=C(C1CC1)N1CCCC(C(=O)N2CCCC2CCCO)C1. The molecule has 0 bridgehead atoms. The van der Waals surface area contributed by atoms with E-state index in [-0.39, 0.29) is 30.3 Å². The summed E-state index contributed by atoms with van der Waals surface area (Å²) in [7, 11) is 0. The molecule has 2 atom stereocenters. The molecule has 2 unspecified atom stereocenters. The fourth-order valence-corrected chi connectivity index (χ4v) is 3.95. The Balaban J connectivity index is 1.57. The molecule has 2 amide bonds. The highest BCUT2D eigenvalue weighted by Gasteiger charge is 2.39. The summed E-state index contributed by atoms with van der Waals surface area (Å²) in [5, 5.41) is 9.01. The van der Waals surface area contributed by atoms with E-state index in [0.717, 1.165) is 64.5 Å². The smallest absolute Gasteiger partial charge is 0.227 e. The minimum absolute atomic E-state index is 0.00817. The molecule has 0 aromatic rings. The highest BCUT2D eigenvalue weighted by atomic mass is 16.3. The van der Waals surface area contributed by atoms with Crippen LogP contribution < -0.4 is 0 Å². The van der Waals surface area contributed by atoms with E-state index >= 15 is 0 Å². The Morgan fingerprint density at radius 1 is 0.955 bits per heavy atom. The number of aliphatic hydroxyl groups is 1. The first-order valence-electron chi connectivity index (χ1n) is 8.91. The highest BCUT2D eigenvalue weighted by molar-refractivity contribution is 5.83. The lowest BCUT2D eigenvalue weighted by Crippen LogP contribution is -2.48. The molecule has 1 saturated carbocycles. The normalized spacial score (nSPS) is 29.0. The van der Waals surface area contributed by atoms with E-state index in [4.69, 9.17) is 5.11 Å². The van der Waals surface area contributed by atoms with E-state index in [1.54, 1.807) is 0 Å². The molecule has 0 aromatic carbocycles. The van der Waals surface area contributed by atoms with E-state index in [9.17, 15) is 9.59 Å². The van der Waals surface area contributed by atoms with Crippen LogP contribution in [0.2, 0.25) is 0 Å². The largest absolute Gasteiger partial charge is 0.396 e. The number of rotatable bonds is 5. The molecule has 1 aliphatic carbocycles. The van der Waals surface area contributed by atoms with E-state index in [2.05, 4.69) is 0 Å². The maximum Gasteiger partial charge on any atom is 0.227 e. The third-order valence-corrected chi connectivity index (χ3v) is 5.36. The van der Waals surface area contributed by atoms with Gasteiger partial charge in [-0.3, -0.25) is 9.59 Å². The molecule has 2 saturated heterocycles. The molecule has 1 N–H and O–H groups in total. The monoisotopic (exact) mass is 308 g/mol. The van der Waals surface area contributed by atoms with Crippen LogP contribution in [0.1, 0.15) is 51.4 Å². The van der Waals surface area contributed by atoms with Gasteiger partial charge in [0.05, 0.1) is 5.92 Å². The van der Waals surface area contributed by atoms with Crippen molar-refractivity contribution in [1.29, 1.82) is 0 Å². The summed E-state index contributed by atoms with van der Waals surface area (Å²) in [6, 6.07) is 0.300. The van der Waals surface area contributed by atoms with Gasteiger partial charge in [0.25, 0.3) is 0 Å². The molecule has 3 aliphatic rings. The molecule has 5 nitrogen and oxygen atoms in total. The van der Waals surface area contributed by atoms with Crippen LogP contribution in [-0.2, 0) is 9.59 Å². The topological polar surface area (TPSA) is 60.9 Å². The number of carbonyl (C=O) groups excluding carboxylic acids is 2. The Morgan fingerprint density at radius 2 is 1.73 bits per heavy atom. The fraction of sp³-hybridized carbons (Fsp3) is 0.882. The van der Waals surface area contributed by atoms with Gasteiger partial charge in [-0.15, -0.1) is 0 Å². The van der Waals surface area contributed by atoms with Crippen molar-refractivity contribution in [2.75, 3.05) is 26.2 Å². The number of hydrogen-bond donors (Lipinski definition) is 1. The zero-order chi connectivity index (χ0) is 15.5. The van der Waals surface area contributed by atoms with E-state index < -0.39 is 0 Å². The van der Waals surface area contributed by atoms with Crippen molar-refractivity contribution in [1.82, 2.24) is 9.80 Å². The van der Waals surface area contributed by atoms with Gasteiger partial charge in [-0.1, -0.05) is 0 Å². The standard InChI is InChI=1S/C17H28N2O3/c20-11-3-6-15-5-2-10-19(15)17(22)14-4-1-9-18(12-14)16(21)13-7-8-13/h13-15,20H,1-12H2. The van der Waals surface area contributed by atoms with Crippen molar-refractivity contribution in [3.63, 3.8) is 0 Å². The van der Waals surface area contributed by atoms with Crippen molar-refractivity contribution < 1.29 is 14.7 Å². The molecular formula is C17H28N2O3. The second kappa shape index (κ2) is 6.99. The molecule has 22 heavy (non-hydrogen) atoms. The van der Waals surface area contributed by atoms with Crippen LogP contribution in [0.15, 0.2) is 0 Å². The second-order valence-electron chi connectivity index (χ2n) is 7.09. The first kappa shape index (κ1) is 15.8. The predicted molar refractivity (Wildman–Crippen MR) is 83.1 cm³/mol. The summed E-state index contributed by atoms with van der Waals surface area (Å²) >= 11 is 0. The lowest BCUT2D eigenvalue weighted by atomic mass is 9.95. The van der Waals surface area contributed by atoms with Crippen LogP contribution in [0.4, 0.5) is 0 Å². The summed E-state index contributed by atoms with van der Waals surface area (Å²) in [4.78, 5) is 29.0. The number of likely N-dealkylation sites (tertiary alicyclic amines) is 2. The minimum Gasteiger partial charge on any atom is -0.396 e. The van der Waals surface area contributed by atoms with Gasteiger partial charge in [0.15, 0.2) is 0 Å². The van der Waals surface area contributed by atoms with E-state index in [1.807, 2.05) is 9.80 Å². The zero-order valence-electron chi connectivity index (χ0n) is 13.4. The Labute approximate surface area is 132 Å². The van der Waals surface area contributed by atoms with Gasteiger partial charge in [-0.2, -0.15) is 0 Å². The van der Waals surface area contributed by atoms with Crippen molar-refractivity contribution in [3.8, 4) is 0 Å². The average molecular weight is 308 g/mol. The lowest BCUT2D eigenvalue weighted by Gasteiger charge is -2.35. The number of piperidine rings is 1. The summed E-state index contributed by atoms with van der Waals surface area (Å²) in [6.07, 6.45) is 7.72. The van der Waals surface area contributed by atoms with Crippen molar-refractivity contribution in [3.05, 3.63) is 0 Å². The van der Waals surface area contributed by atoms with Crippen LogP contribution in [0.5, 0.6) is 0 Å². The van der Waals surface area contributed by atoms with Crippen molar-refractivity contribution >= 4 is 11.8 Å². The molecule has 3 rings (SSSR count). The minimum atomic E-state index is -0.00817. The maximum atomic E-state index is 12.9. The van der Waals surface area contributed by atoms with Crippen LogP contribution in [0.25, 0.3) is 0 Å². The molecule has 0 spiro atoms. The average Bonchev–Trinajstić information content (AvgIpc) is 3.30. The Hall–Kier alpha value is -1.10. The number of aliphatic hydroxyl groups excluding tert-OH is 1. The summed E-state index contributed by atoms with van der Waals surface area (Å²) < 4.78 is 0. The lowest BCUT2D eigenvalue weighted by molar-refractivity contribution is -0.142. The van der Waals surface area contributed by atoms with Gasteiger partial charge in [-0.25, -0.2) is 0 Å². The number of hydrogen-bond acceptors (Lipinski definition) is 3. The quantitative estimate of drug-likeness (QED) is 0.835. The first-order chi connectivity index (χ1) is 10.7. The van der Waals surface area contributed by atoms with Crippen molar-refractivity contribution in [2.24, 2.45) is 11.8 Å². The van der Waals surface area contributed by atoms with Crippen LogP contribution in [-0.4, -0.2) is 59.0 Å². The van der Waals surface area contributed by atoms with Crippen molar-refractivity contribution in [2.45, 2.75) is 57.4 Å². The molecular weight excluding hydrogens is 280 g/mol. The van der Waals surface area contributed by atoms with Crippen LogP contribution >= 0.6 is 0 Å². The Morgan fingerprint density at radius 3 is 2.45 bits per heavy atom. The van der Waals surface area contributed by atoms with Crippen LogP contribution in [0, 0.1) is 11.8 Å². The van der Waals surface area contributed by atoms with Gasteiger partial charge < -0.3 is 14.9 Å². The molecule has 124 valence electrons. The number of amides is 2. The van der Waals surface area contributed by atoms with Gasteiger partial charge in [-0.05, 0) is 51.4 Å². The van der Waals surface area contributed by atoms with Gasteiger partial charge in [0, 0.05) is 38.2 Å². The fourth-order valence-electron chi connectivity index (χ4n) is 3.95. The highest BCUT2D eigenvalue weighted by Crippen LogP contribution is 2.33. The predicted octanol–water partition coefficient (Wildman–Crippen LogP) is 1.40. The van der Waals surface area contributed by atoms with Gasteiger partial charge in [0.2, 0.25) is 11.8 Å². The Bertz CT molecular complexity index is 422. The Kier molecular flexibility index (Phi) is 5.01. The van der Waals surface area contributed by atoms with Gasteiger partial charge >= 0.3 is 0 Å². The molecule has 5 heteroatoms. The molecule has 2 heterocycles. The second-order valence-corrected chi connectivity index (χ2v) is 7.09. The third kappa shape index (κ3) is 3.45.